The number of hydrogen-bond acceptors (Lipinski definition) is 3. The average molecular weight is 282 g/mol. The highest BCUT2D eigenvalue weighted by atomic mass is 32.2. The molecule has 0 N–H and O–H groups in total. The number of rotatable bonds is 3. The molecule has 0 aliphatic carbocycles. The molecule has 4 heteroatoms. The maximum atomic E-state index is 12.0. The Balaban J connectivity index is 1.83. The van der Waals surface area contributed by atoms with Gasteiger partial charge in [-0.05, 0) is 11.1 Å². The fourth-order valence-electron chi connectivity index (χ4n) is 2.07. The molecule has 0 unspecified atom stereocenters. The third-order valence-electron chi connectivity index (χ3n) is 3.06. The molecule has 3 rings (SSSR count). The van der Waals surface area contributed by atoms with Crippen LogP contribution in [0.25, 0.3) is 0 Å². The highest BCUT2D eigenvalue weighted by molar-refractivity contribution is 8.00. The summed E-state index contributed by atoms with van der Waals surface area (Å²) < 4.78 is 0. The number of thioether (sulfide) groups is 1. The second-order valence-electron chi connectivity index (χ2n) is 4.47. The second-order valence-corrected chi connectivity index (χ2v) is 5.54. The van der Waals surface area contributed by atoms with Crippen LogP contribution in [0.1, 0.15) is 16.5 Å². The van der Waals surface area contributed by atoms with Crippen molar-refractivity contribution >= 4 is 23.9 Å². The van der Waals surface area contributed by atoms with E-state index in [1.165, 1.54) is 0 Å². The van der Waals surface area contributed by atoms with Crippen molar-refractivity contribution in [3.05, 3.63) is 71.8 Å². The van der Waals surface area contributed by atoms with Crippen LogP contribution in [0.15, 0.2) is 65.8 Å². The van der Waals surface area contributed by atoms with Crippen LogP contribution in [-0.4, -0.2) is 22.9 Å². The molecule has 0 radical (unpaired) electrons. The van der Waals surface area contributed by atoms with E-state index < -0.39 is 0 Å². The largest absolute Gasteiger partial charge is 0.272 e. The Hall–Kier alpha value is -2.07. The SMILES string of the molecule is O=C1CS[C@H](c2ccccc2)N1N=Cc1ccccc1. The first-order chi connectivity index (χ1) is 9.84. The zero-order valence-corrected chi connectivity index (χ0v) is 11.7. The zero-order chi connectivity index (χ0) is 13.8. The average Bonchev–Trinajstić information content (AvgIpc) is 2.88. The molecule has 2 aromatic carbocycles. The van der Waals surface area contributed by atoms with E-state index in [-0.39, 0.29) is 11.3 Å². The normalized spacial score (nSPS) is 18.9. The lowest BCUT2D eigenvalue weighted by molar-refractivity contribution is -0.128. The molecule has 1 aliphatic heterocycles. The third kappa shape index (κ3) is 2.75. The number of hydrazone groups is 1. The van der Waals surface area contributed by atoms with Crippen LogP contribution in [-0.2, 0) is 4.79 Å². The zero-order valence-electron chi connectivity index (χ0n) is 10.8. The van der Waals surface area contributed by atoms with Crippen molar-refractivity contribution in [3.8, 4) is 0 Å². The topological polar surface area (TPSA) is 32.7 Å². The highest BCUT2D eigenvalue weighted by Crippen LogP contribution is 2.38. The summed E-state index contributed by atoms with van der Waals surface area (Å²) in [4.78, 5) is 12.0. The molecule has 0 saturated carbocycles. The van der Waals surface area contributed by atoms with E-state index in [1.54, 1.807) is 23.0 Å². The fraction of sp³-hybridized carbons (Fsp3) is 0.125. The minimum absolute atomic E-state index is 0.0244. The molecule has 1 aliphatic rings. The molecule has 1 amide bonds. The van der Waals surface area contributed by atoms with Gasteiger partial charge in [-0.3, -0.25) is 4.79 Å². The molecule has 100 valence electrons. The van der Waals surface area contributed by atoms with Crippen LogP contribution in [0, 0.1) is 0 Å². The Morgan fingerprint density at radius 3 is 2.40 bits per heavy atom. The van der Waals surface area contributed by atoms with Gasteiger partial charge in [-0.2, -0.15) is 5.10 Å². The van der Waals surface area contributed by atoms with Crippen molar-refractivity contribution in [3.63, 3.8) is 0 Å². The second kappa shape index (κ2) is 5.92. The molecule has 0 aromatic heterocycles. The molecule has 20 heavy (non-hydrogen) atoms. The van der Waals surface area contributed by atoms with E-state index in [0.717, 1.165) is 11.1 Å². The summed E-state index contributed by atoms with van der Waals surface area (Å²) in [5.74, 6) is 0.530. The fourth-order valence-corrected chi connectivity index (χ4v) is 3.16. The number of benzene rings is 2. The minimum atomic E-state index is -0.0244. The van der Waals surface area contributed by atoms with Crippen LogP contribution in [0.2, 0.25) is 0 Å². The van der Waals surface area contributed by atoms with Crippen LogP contribution in [0.4, 0.5) is 0 Å². The maximum Gasteiger partial charge on any atom is 0.254 e. The summed E-state index contributed by atoms with van der Waals surface area (Å²) in [6, 6.07) is 19.8. The molecule has 1 heterocycles. The molecule has 1 saturated heterocycles. The molecular formula is C16H14N2OS. The smallest absolute Gasteiger partial charge is 0.254 e. The highest BCUT2D eigenvalue weighted by Gasteiger charge is 2.32. The Morgan fingerprint density at radius 2 is 1.70 bits per heavy atom. The van der Waals surface area contributed by atoms with Gasteiger partial charge in [0.15, 0.2) is 0 Å². The third-order valence-corrected chi connectivity index (χ3v) is 4.26. The van der Waals surface area contributed by atoms with Crippen LogP contribution < -0.4 is 0 Å². The van der Waals surface area contributed by atoms with Crippen molar-refractivity contribution in [2.75, 3.05) is 5.75 Å². The maximum absolute atomic E-state index is 12.0. The van der Waals surface area contributed by atoms with Crippen LogP contribution in [0.5, 0.6) is 0 Å². The van der Waals surface area contributed by atoms with Gasteiger partial charge in [0.2, 0.25) is 0 Å². The Morgan fingerprint density at radius 1 is 1.05 bits per heavy atom. The lowest BCUT2D eigenvalue weighted by Gasteiger charge is -2.18. The van der Waals surface area contributed by atoms with Gasteiger partial charge in [-0.25, -0.2) is 5.01 Å². The Kier molecular flexibility index (Phi) is 3.83. The Bertz CT molecular complexity index is 613. The van der Waals surface area contributed by atoms with Crippen LogP contribution in [0.3, 0.4) is 0 Å². The van der Waals surface area contributed by atoms with Gasteiger partial charge in [0.25, 0.3) is 5.91 Å². The summed E-state index contributed by atoms with van der Waals surface area (Å²) in [5.41, 5.74) is 2.09. The van der Waals surface area contributed by atoms with Gasteiger partial charge in [0.1, 0.15) is 5.37 Å². The van der Waals surface area contributed by atoms with Crippen LogP contribution >= 0.6 is 11.8 Å². The van der Waals surface area contributed by atoms with Crippen molar-refractivity contribution < 1.29 is 4.79 Å². The summed E-state index contributed by atoms with van der Waals surface area (Å²) in [7, 11) is 0. The molecule has 3 nitrogen and oxygen atoms in total. The van der Waals surface area contributed by atoms with E-state index >= 15 is 0 Å². The molecule has 0 bridgehead atoms. The summed E-state index contributed by atoms with van der Waals surface area (Å²) >= 11 is 1.61. The molecule has 2 aromatic rings. The van der Waals surface area contributed by atoms with Gasteiger partial charge < -0.3 is 0 Å². The first-order valence-electron chi connectivity index (χ1n) is 6.42. The number of amides is 1. The first kappa shape index (κ1) is 12.9. The summed E-state index contributed by atoms with van der Waals surface area (Å²) in [6.45, 7) is 0. The molecular weight excluding hydrogens is 268 g/mol. The van der Waals surface area contributed by atoms with E-state index in [4.69, 9.17) is 0 Å². The van der Waals surface area contributed by atoms with Gasteiger partial charge in [-0.1, -0.05) is 60.7 Å². The van der Waals surface area contributed by atoms with E-state index in [0.29, 0.717) is 5.75 Å². The van der Waals surface area contributed by atoms with Gasteiger partial charge >= 0.3 is 0 Å². The van der Waals surface area contributed by atoms with Gasteiger partial charge in [-0.15, -0.1) is 11.8 Å². The van der Waals surface area contributed by atoms with Crippen molar-refractivity contribution in [2.24, 2.45) is 5.10 Å². The predicted molar refractivity (Wildman–Crippen MR) is 82.5 cm³/mol. The number of carbonyl (C=O) groups is 1. The predicted octanol–water partition coefficient (Wildman–Crippen LogP) is 3.29. The molecule has 1 atom stereocenters. The van der Waals surface area contributed by atoms with E-state index in [9.17, 15) is 4.79 Å². The van der Waals surface area contributed by atoms with Gasteiger partial charge in [0.05, 0.1) is 12.0 Å². The van der Waals surface area contributed by atoms with Crippen molar-refractivity contribution in [1.29, 1.82) is 0 Å². The number of hydrogen-bond donors (Lipinski definition) is 0. The first-order valence-corrected chi connectivity index (χ1v) is 7.47. The molecule has 1 fully saturated rings. The van der Waals surface area contributed by atoms with Gasteiger partial charge in [0, 0.05) is 0 Å². The van der Waals surface area contributed by atoms with Crippen molar-refractivity contribution in [1.82, 2.24) is 5.01 Å². The number of nitrogens with zero attached hydrogens (tertiary/aromatic N) is 2. The Labute approximate surface area is 122 Å². The standard InChI is InChI=1S/C16H14N2OS/c19-15-12-20-16(14-9-5-2-6-10-14)18(15)17-11-13-7-3-1-4-8-13/h1-11,16H,12H2/t16-/m1/s1. The molecule has 0 spiro atoms. The quantitative estimate of drug-likeness (QED) is 0.809. The monoisotopic (exact) mass is 282 g/mol. The summed E-state index contributed by atoms with van der Waals surface area (Å²) in [5, 5.41) is 5.92. The van der Waals surface area contributed by atoms with E-state index in [1.807, 2.05) is 60.7 Å². The number of carbonyl (C=O) groups excluding carboxylic acids is 1. The summed E-state index contributed by atoms with van der Waals surface area (Å²) in [6.07, 6.45) is 1.74. The lowest BCUT2D eigenvalue weighted by atomic mass is 10.2. The van der Waals surface area contributed by atoms with E-state index in [2.05, 4.69) is 5.10 Å². The minimum Gasteiger partial charge on any atom is -0.272 e. The lowest BCUT2D eigenvalue weighted by Crippen LogP contribution is -2.22. The van der Waals surface area contributed by atoms with Crippen molar-refractivity contribution in [2.45, 2.75) is 5.37 Å².